The van der Waals surface area contributed by atoms with Crippen LogP contribution in [0.3, 0.4) is 0 Å². The van der Waals surface area contributed by atoms with E-state index in [0.29, 0.717) is 11.3 Å². The Morgan fingerprint density at radius 3 is 2.45 bits per heavy atom. The van der Waals surface area contributed by atoms with Gasteiger partial charge in [0.15, 0.2) is 0 Å². The van der Waals surface area contributed by atoms with Crippen LogP contribution < -0.4 is 4.90 Å². The highest BCUT2D eigenvalue weighted by molar-refractivity contribution is 5.91. The zero-order chi connectivity index (χ0) is 22.0. The maximum absolute atomic E-state index is 12.4. The van der Waals surface area contributed by atoms with Crippen molar-refractivity contribution in [2.75, 3.05) is 18.0 Å². The zero-order valence-electron chi connectivity index (χ0n) is 17.0. The first-order valence-corrected chi connectivity index (χ1v) is 9.97. The molecule has 0 unspecified atom stereocenters. The molecule has 8 nitrogen and oxygen atoms in total. The lowest BCUT2D eigenvalue weighted by Crippen LogP contribution is -2.39. The van der Waals surface area contributed by atoms with Crippen molar-refractivity contribution in [3.05, 3.63) is 65.7 Å². The van der Waals surface area contributed by atoms with Gasteiger partial charge >= 0.3 is 12.1 Å². The highest BCUT2D eigenvalue weighted by atomic mass is 16.7. The largest absolute Gasteiger partial charge is 0.442 e. The van der Waals surface area contributed by atoms with E-state index in [0.717, 1.165) is 23.5 Å². The standard InChI is InChI=1S/C23H21N3O5/c1-16(27)26(31-21(28)17-5-3-2-4-6-17)14-20-13-25(22(29)30-20)19-9-7-18(8-10-19)23(15-24)11-12-23/h2-10,20H,11-14H2,1H3/t20-/m0/s1. The molecule has 1 aliphatic carbocycles. The Morgan fingerprint density at radius 2 is 1.87 bits per heavy atom. The smallest absolute Gasteiger partial charge is 0.414 e. The summed E-state index contributed by atoms with van der Waals surface area (Å²) in [5.41, 5.74) is 1.50. The van der Waals surface area contributed by atoms with E-state index in [-0.39, 0.29) is 13.1 Å². The number of nitriles is 1. The van der Waals surface area contributed by atoms with Gasteiger partial charge in [-0.25, -0.2) is 9.59 Å². The van der Waals surface area contributed by atoms with Crippen LogP contribution in [0, 0.1) is 11.3 Å². The van der Waals surface area contributed by atoms with Crippen molar-refractivity contribution in [1.82, 2.24) is 5.06 Å². The molecular weight excluding hydrogens is 398 g/mol. The van der Waals surface area contributed by atoms with Gasteiger partial charge in [0.2, 0.25) is 0 Å². The molecule has 1 saturated carbocycles. The van der Waals surface area contributed by atoms with Gasteiger partial charge < -0.3 is 9.57 Å². The number of cyclic esters (lactones) is 1. The Morgan fingerprint density at radius 1 is 1.19 bits per heavy atom. The average Bonchev–Trinajstić information content (AvgIpc) is 3.50. The van der Waals surface area contributed by atoms with Crippen molar-refractivity contribution in [2.45, 2.75) is 31.3 Å². The maximum atomic E-state index is 12.4. The molecule has 0 radical (unpaired) electrons. The van der Waals surface area contributed by atoms with Gasteiger partial charge in [0.25, 0.3) is 5.91 Å². The number of benzene rings is 2. The van der Waals surface area contributed by atoms with Gasteiger partial charge in [-0.1, -0.05) is 30.3 Å². The van der Waals surface area contributed by atoms with Crippen LogP contribution in [0.15, 0.2) is 54.6 Å². The van der Waals surface area contributed by atoms with Crippen LogP contribution in [0.5, 0.6) is 0 Å². The molecule has 1 saturated heterocycles. The average molecular weight is 419 g/mol. The lowest BCUT2D eigenvalue weighted by Gasteiger charge is -2.22. The Balaban J connectivity index is 1.40. The van der Waals surface area contributed by atoms with E-state index in [1.165, 1.54) is 11.8 Å². The minimum atomic E-state index is -0.668. The summed E-state index contributed by atoms with van der Waals surface area (Å²) in [5, 5.41) is 10.2. The fourth-order valence-electron chi connectivity index (χ4n) is 3.52. The molecule has 2 fully saturated rings. The van der Waals surface area contributed by atoms with Crippen molar-refractivity contribution in [3.8, 4) is 6.07 Å². The van der Waals surface area contributed by atoms with Gasteiger partial charge in [-0.15, -0.1) is 0 Å². The number of anilines is 1. The van der Waals surface area contributed by atoms with Crippen LogP contribution in [-0.4, -0.2) is 42.2 Å². The zero-order valence-corrected chi connectivity index (χ0v) is 17.0. The molecular formula is C23H21N3O5. The quantitative estimate of drug-likeness (QED) is 0.690. The Kier molecular flexibility index (Phi) is 5.34. The fourth-order valence-corrected chi connectivity index (χ4v) is 3.52. The lowest BCUT2D eigenvalue weighted by atomic mass is 9.97. The summed E-state index contributed by atoms with van der Waals surface area (Å²) in [7, 11) is 0. The summed E-state index contributed by atoms with van der Waals surface area (Å²) in [5.74, 6) is -1.14. The van der Waals surface area contributed by atoms with Crippen molar-refractivity contribution < 1.29 is 24.0 Å². The molecule has 2 aliphatic rings. The molecule has 2 aromatic carbocycles. The van der Waals surface area contributed by atoms with Gasteiger partial charge in [-0.3, -0.25) is 9.69 Å². The van der Waals surface area contributed by atoms with E-state index in [1.54, 1.807) is 42.5 Å². The summed E-state index contributed by atoms with van der Waals surface area (Å²) < 4.78 is 5.38. The van der Waals surface area contributed by atoms with Crippen molar-refractivity contribution in [2.24, 2.45) is 0 Å². The number of carbonyl (C=O) groups excluding carboxylic acids is 3. The predicted molar refractivity (Wildman–Crippen MR) is 110 cm³/mol. The molecule has 1 aliphatic heterocycles. The summed E-state index contributed by atoms with van der Waals surface area (Å²) in [6.07, 6.45) is 0.490. The molecule has 0 spiro atoms. The number of nitrogens with zero attached hydrogens (tertiary/aromatic N) is 3. The van der Waals surface area contributed by atoms with Gasteiger partial charge in [0, 0.05) is 12.6 Å². The topological polar surface area (TPSA) is 99.9 Å². The number of hydroxylamine groups is 2. The first kappa shape index (κ1) is 20.4. The molecule has 0 aromatic heterocycles. The summed E-state index contributed by atoms with van der Waals surface area (Å²) >= 11 is 0. The molecule has 1 atom stereocenters. The second kappa shape index (κ2) is 8.11. The molecule has 158 valence electrons. The highest BCUT2D eigenvalue weighted by Gasteiger charge is 2.45. The Labute approximate surface area is 179 Å². The molecule has 2 amide bonds. The third-order valence-corrected chi connectivity index (χ3v) is 5.49. The normalized spacial score (nSPS) is 18.6. The third-order valence-electron chi connectivity index (χ3n) is 5.49. The minimum Gasteiger partial charge on any atom is -0.442 e. The summed E-state index contributed by atoms with van der Waals surface area (Å²) in [6, 6.07) is 18.0. The van der Waals surface area contributed by atoms with Crippen molar-refractivity contribution in [3.63, 3.8) is 0 Å². The van der Waals surface area contributed by atoms with E-state index in [2.05, 4.69) is 6.07 Å². The lowest BCUT2D eigenvalue weighted by molar-refractivity contribution is -0.169. The van der Waals surface area contributed by atoms with Crippen molar-refractivity contribution in [1.29, 1.82) is 5.26 Å². The van der Waals surface area contributed by atoms with E-state index < -0.39 is 29.5 Å². The van der Waals surface area contributed by atoms with Crippen LogP contribution >= 0.6 is 0 Å². The molecule has 0 bridgehead atoms. The van der Waals surface area contributed by atoms with Crippen LogP contribution in [0.25, 0.3) is 0 Å². The number of rotatable bonds is 5. The van der Waals surface area contributed by atoms with Crippen LogP contribution in [0.1, 0.15) is 35.7 Å². The SMILES string of the molecule is CC(=O)N(C[C@@H]1CN(c2ccc(C3(C#N)CC3)cc2)C(=O)O1)OC(=O)c1ccccc1. The Hall–Kier alpha value is -3.86. The number of hydrogen-bond donors (Lipinski definition) is 0. The summed E-state index contributed by atoms with van der Waals surface area (Å²) in [6.45, 7) is 1.40. The van der Waals surface area contributed by atoms with Gasteiger partial charge in [0.1, 0.15) is 6.10 Å². The first-order valence-electron chi connectivity index (χ1n) is 9.97. The number of amides is 2. The second-order valence-electron chi connectivity index (χ2n) is 7.68. The van der Waals surface area contributed by atoms with E-state index >= 15 is 0 Å². The van der Waals surface area contributed by atoms with Gasteiger partial charge in [-0.2, -0.15) is 10.3 Å². The second-order valence-corrected chi connectivity index (χ2v) is 7.68. The van der Waals surface area contributed by atoms with Crippen LogP contribution in [0.2, 0.25) is 0 Å². The van der Waals surface area contributed by atoms with E-state index in [1.807, 2.05) is 12.1 Å². The first-order chi connectivity index (χ1) is 14.9. The minimum absolute atomic E-state index is 0.0776. The van der Waals surface area contributed by atoms with E-state index in [4.69, 9.17) is 9.57 Å². The number of ether oxygens (including phenoxy) is 1. The molecule has 1 heterocycles. The third kappa shape index (κ3) is 4.21. The Bertz CT molecular complexity index is 1040. The van der Waals surface area contributed by atoms with Crippen LogP contribution in [-0.2, 0) is 19.8 Å². The maximum Gasteiger partial charge on any atom is 0.414 e. The summed E-state index contributed by atoms with van der Waals surface area (Å²) in [4.78, 5) is 43.3. The molecule has 2 aromatic rings. The van der Waals surface area contributed by atoms with E-state index in [9.17, 15) is 19.6 Å². The van der Waals surface area contributed by atoms with Gasteiger partial charge in [0.05, 0.1) is 30.1 Å². The van der Waals surface area contributed by atoms with Gasteiger partial charge in [-0.05, 0) is 42.7 Å². The highest BCUT2D eigenvalue weighted by Crippen LogP contribution is 2.47. The fraction of sp³-hybridized carbons (Fsp3) is 0.304. The molecule has 0 N–H and O–H groups in total. The number of carbonyl (C=O) groups is 3. The molecule has 31 heavy (non-hydrogen) atoms. The molecule has 4 rings (SSSR count). The number of hydrogen-bond acceptors (Lipinski definition) is 6. The monoisotopic (exact) mass is 419 g/mol. The van der Waals surface area contributed by atoms with Crippen LogP contribution in [0.4, 0.5) is 10.5 Å². The van der Waals surface area contributed by atoms with Crippen molar-refractivity contribution >= 4 is 23.7 Å². The molecule has 8 heteroatoms. The predicted octanol–water partition coefficient (Wildman–Crippen LogP) is 3.19.